The van der Waals surface area contributed by atoms with Crippen LogP contribution in [0.25, 0.3) is 0 Å². The Morgan fingerprint density at radius 2 is 1.85 bits per heavy atom. The van der Waals surface area contributed by atoms with Crippen LogP contribution in [0.15, 0.2) is 24.3 Å². The highest BCUT2D eigenvalue weighted by molar-refractivity contribution is 5.78. The van der Waals surface area contributed by atoms with E-state index in [4.69, 9.17) is 4.74 Å². The number of benzene rings is 1. The highest BCUT2D eigenvalue weighted by Gasteiger charge is 2.33. The fourth-order valence-electron chi connectivity index (χ4n) is 3.20. The molecule has 0 spiro atoms. The van der Waals surface area contributed by atoms with Crippen molar-refractivity contribution in [1.29, 1.82) is 0 Å². The summed E-state index contributed by atoms with van der Waals surface area (Å²) in [5, 5.41) is 2.85. The number of nitrogens with zero attached hydrogens (tertiary/aromatic N) is 1. The van der Waals surface area contributed by atoms with E-state index in [2.05, 4.69) is 10.2 Å². The van der Waals surface area contributed by atoms with E-state index in [9.17, 15) is 18.0 Å². The molecule has 0 aromatic heterocycles. The smallest absolute Gasteiger partial charge is 0.373 e. The number of hydrogen-bond donors (Lipinski definition) is 1. The lowest BCUT2D eigenvalue weighted by molar-refractivity contribution is -0.137. The van der Waals surface area contributed by atoms with E-state index in [1.54, 1.807) is 0 Å². The Balaban J connectivity index is 1.92. The number of ether oxygens (including phenoxy) is 1. The molecule has 0 unspecified atom stereocenters. The van der Waals surface area contributed by atoms with E-state index in [1.165, 1.54) is 12.1 Å². The molecule has 1 amide bonds. The second kappa shape index (κ2) is 7.96. The van der Waals surface area contributed by atoms with Crippen LogP contribution in [0, 0.1) is 0 Å². The van der Waals surface area contributed by atoms with Crippen LogP contribution in [-0.4, -0.2) is 48.2 Å². The van der Waals surface area contributed by atoms with Gasteiger partial charge in [0.1, 0.15) is 0 Å². The van der Waals surface area contributed by atoms with Gasteiger partial charge in [0.15, 0.2) is 0 Å². The SMILES string of the molecule is C[C@@H]1CN(C(C)(C)CNC(=O)Cc2cccc(C(F)(F)F)c2)C[C@H](C)O1. The lowest BCUT2D eigenvalue weighted by Crippen LogP contribution is -2.58. The molecule has 1 aliphatic rings. The number of rotatable bonds is 5. The summed E-state index contributed by atoms with van der Waals surface area (Å²) in [6.07, 6.45) is -4.23. The Hall–Kier alpha value is -1.60. The summed E-state index contributed by atoms with van der Waals surface area (Å²) in [4.78, 5) is 14.5. The third-order valence-electron chi connectivity index (χ3n) is 4.61. The molecular formula is C19H27F3N2O2. The van der Waals surface area contributed by atoms with E-state index < -0.39 is 11.7 Å². The highest BCUT2D eigenvalue weighted by atomic mass is 19.4. The van der Waals surface area contributed by atoms with Gasteiger partial charge in [-0.3, -0.25) is 9.69 Å². The van der Waals surface area contributed by atoms with Crippen molar-refractivity contribution in [2.75, 3.05) is 19.6 Å². The average molecular weight is 372 g/mol. The predicted octanol–water partition coefficient (Wildman–Crippen LogP) is 3.25. The molecule has 0 bridgehead atoms. The van der Waals surface area contributed by atoms with Gasteiger partial charge in [-0.15, -0.1) is 0 Å². The Bertz CT molecular complexity index is 621. The first-order chi connectivity index (χ1) is 12.0. The van der Waals surface area contributed by atoms with Gasteiger partial charge < -0.3 is 10.1 Å². The minimum atomic E-state index is -4.40. The van der Waals surface area contributed by atoms with Crippen molar-refractivity contribution in [2.24, 2.45) is 0 Å². The molecule has 0 radical (unpaired) electrons. The van der Waals surface area contributed by atoms with Gasteiger partial charge in [0.25, 0.3) is 0 Å². The van der Waals surface area contributed by atoms with Gasteiger partial charge in [-0.05, 0) is 39.3 Å². The number of carbonyl (C=O) groups is 1. The van der Waals surface area contributed by atoms with E-state index in [1.807, 2.05) is 27.7 Å². The summed E-state index contributed by atoms with van der Waals surface area (Å²) < 4.78 is 44.0. The van der Waals surface area contributed by atoms with Crippen molar-refractivity contribution in [3.8, 4) is 0 Å². The van der Waals surface area contributed by atoms with Gasteiger partial charge in [0.05, 0.1) is 24.2 Å². The van der Waals surface area contributed by atoms with Gasteiger partial charge in [-0.2, -0.15) is 13.2 Å². The molecule has 1 fully saturated rings. The quantitative estimate of drug-likeness (QED) is 0.863. The number of carbonyl (C=O) groups excluding carboxylic acids is 1. The molecule has 0 saturated carbocycles. The van der Waals surface area contributed by atoms with Gasteiger partial charge in [0, 0.05) is 25.2 Å². The molecule has 1 aromatic carbocycles. The highest BCUT2D eigenvalue weighted by Crippen LogP contribution is 2.29. The normalized spacial score (nSPS) is 22.3. The molecule has 1 aromatic rings. The number of amides is 1. The molecule has 26 heavy (non-hydrogen) atoms. The summed E-state index contributed by atoms with van der Waals surface area (Å²) in [5.74, 6) is -0.285. The van der Waals surface area contributed by atoms with Gasteiger partial charge >= 0.3 is 6.18 Å². The minimum Gasteiger partial charge on any atom is -0.373 e. The molecule has 146 valence electrons. The van der Waals surface area contributed by atoms with Crippen LogP contribution in [0.1, 0.15) is 38.8 Å². The summed E-state index contributed by atoms with van der Waals surface area (Å²) in [5.41, 5.74) is -0.654. The van der Waals surface area contributed by atoms with Crippen molar-refractivity contribution in [1.82, 2.24) is 10.2 Å². The first kappa shape index (κ1) is 20.7. The monoisotopic (exact) mass is 372 g/mol. The number of morpholine rings is 1. The van der Waals surface area contributed by atoms with Crippen molar-refractivity contribution in [2.45, 2.75) is 58.0 Å². The van der Waals surface area contributed by atoms with Crippen LogP contribution in [0.5, 0.6) is 0 Å². The molecule has 2 atom stereocenters. The van der Waals surface area contributed by atoms with Crippen LogP contribution in [0.4, 0.5) is 13.2 Å². The maximum Gasteiger partial charge on any atom is 0.416 e. The number of nitrogens with one attached hydrogen (secondary N) is 1. The number of halogens is 3. The molecule has 0 aliphatic carbocycles. The molecule has 7 heteroatoms. The molecule has 1 saturated heterocycles. The minimum absolute atomic E-state index is 0.0735. The maximum absolute atomic E-state index is 12.8. The van der Waals surface area contributed by atoms with Gasteiger partial charge in [0.2, 0.25) is 5.91 Å². The summed E-state index contributed by atoms with van der Waals surface area (Å²) >= 11 is 0. The van der Waals surface area contributed by atoms with E-state index in [-0.39, 0.29) is 30.1 Å². The van der Waals surface area contributed by atoms with Crippen molar-refractivity contribution >= 4 is 5.91 Å². The Morgan fingerprint density at radius 3 is 2.42 bits per heavy atom. The van der Waals surface area contributed by atoms with Crippen LogP contribution >= 0.6 is 0 Å². The number of alkyl halides is 3. The summed E-state index contributed by atoms with van der Waals surface area (Å²) in [6, 6.07) is 4.89. The zero-order chi connectivity index (χ0) is 19.5. The Morgan fingerprint density at radius 1 is 1.23 bits per heavy atom. The van der Waals surface area contributed by atoms with Crippen LogP contribution in [-0.2, 0) is 22.1 Å². The molecule has 2 rings (SSSR count). The zero-order valence-corrected chi connectivity index (χ0v) is 15.7. The third kappa shape index (κ3) is 5.71. The standard InChI is InChI=1S/C19H27F3N2O2/c1-13-10-24(11-14(2)26-13)18(3,4)12-23-17(25)9-15-6-5-7-16(8-15)19(20,21)22/h5-8,13-14H,9-12H2,1-4H3,(H,23,25)/t13-,14+. The molecule has 1 N–H and O–H groups in total. The van der Waals surface area contributed by atoms with E-state index >= 15 is 0 Å². The largest absolute Gasteiger partial charge is 0.416 e. The lowest BCUT2D eigenvalue weighted by Gasteiger charge is -2.45. The molecule has 1 heterocycles. The Labute approximate surface area is 152 Å². The first-order valence-electron chi connectivity index (χ1n) is 8.81. The second-order valence-electron chi connectivity index (χ2n) is 7.63. The van der Waals surface area contributed by atoms with Crippen LogP contribution in [0.2, 0.25) is 0 Å². The third-order valence-corrected chi connectivity index (χ3v) is 4.61. The molecular weight excluding hydrogens is 345 g/mol. The Kier molecular flexibility index (Phi) is 6.34. The van der Waals surface area contributed by atoms with Crippen molar-refractivity contribution in [3.63, 3.8) is 0 Å². The zero-order valence-electron chi connectivity index (χ0n) is 15.7. The number of hydrogen-bond acceptors (Lipinski definition) is 3. The topological polar surface area (TPSA) is 41.6 Å². The average Bonchev–Trinajstić information content (AvgIpc) is 2.51. The predicted molar refractivity (Wildman–Crippen MR) is 93.8 cm³/mol. The van der Waals surface area contributed by atoms with Crippen LogP contribution < -0.4 is 5.32 Å². The fraction of sp³-hybridized carbons (Fsp3) is 0.632. The van der Waals surface area contributed by atoms with Gasteiger partial charge in [-0.25, -0.2) is 0 Å². The maximum atomic E-state index is 12.8. The fourth-order valence-corrected chi connectivity index (χ4v) is 3.20. The van der Waals surface area contributed by atoms with E-state index in [0.717, 1.165) is 25.2 Å². The second-order valence-corrected chi connectivity index (χ2v) is 7.63. The van der Waals surface area contributed by atoms with E-state index in [0.29, 0.717) is 12.1 Å². The van der Waals surface area contributed by atoms with Gasteiger partial charge in [-0.1, -0.05) is 18.2 Å². The lowest BCUT2D eigenvalue weighted by atomic mass is 9.99. The van der Waals surface area contributed by atoms with Crippen molar-refractivity contribution < 1.29 is 22.7 Å². The van der Waals surface area contributed by atoms with Crippen molar-refractivity contribution in [3.05, 3.63) is 35.4 Å². The van der Waals surface area contributed by atoms with Crippen LogP contribution in [0.3, 0.4) is 0 Å². The molecule has 1 aliphatic heterocycles. The summed E-state index contributed by atoms with van der Waals surface area (Å²) in [7, 11) is 0. The molecule has 4 nitrogen and oxygen atoms in total. The summed E-state index contributed by atoms with van der Waals surface area (Å²) in [6.45, 7) is 10.1. The first-order valence-corrected chi connectivity index (χ1v) is 8.81.